The van der Waals surface area contributed by atoms with E-state index < -0.39 is 0 Å². The summed E-state index contributed by atoms with van der Waals surface area (Å²) >= 11 is 5.84. The van der Waals surface area contributed by atoms with E-state index >= 15 is 0 Å². The van der Waals surface area contributed by atoms with Gasteiger partial charge in [-0.25, -0.2) is 4.99 Å². The van der Waals surface area contributed by atoms with Crippen LogP contribution in [-0.2, 0) is 6.54 Å². The Morgan fingerprint density at radius 3 is 2.71 bits per heavy atom. The summed E-state index contributed by atoms with van der Waals surface area (Å²) < 4.78 is 0. The summed E-state index contributed by atoms with van der Waals surface area (Å²) in [5.74, 6) is 1.30. The highest BCUT2D eigenvalue weighted by Crippen LogP contribution is 2.15. The molecule has 0 aromatic heterocycles. The minimum absolute atomic E-state index is 0.209. The first-order valence-electron chi connectivity index (χ1n) is 7.18. The zero-order valence-electron chi connectivity index (χ0n) is 12.3. The number of guanidine groups is 2. The lowest BCUT2D eigenvalue weighted by atomic mass is 10.0. The predicted octanol–water partition coefficient (Wildman–Crippen LogP) is 2.20. The molecule has 0 spiro atoms. The minimum atomic E-state index is 0.209. The molecule has 2 rings (SSSR count). The second-order valence-corrected chi connectivity index (χ2v) is 5.90. The second kappa shape index (κ2) is 7.31. The zero-order chi connectivity index (χ0) is 15.2. The molecule has 4 N–H and O–H groups in total. The van der Waals surface area contributed by atoms with Gasteiger partial charge in [0.1, 0.15) is 0 Å². The molecule has 1 heterocycles. The standard InChI is InChI=1S/C15H22ClN5/c1-11-3-2-8-21(10-11)15(18)20-14(17)19-9-12-4-6-13(16)7-5-12/h4-7,11H,2-3,8-10H2,1H3,(H4,17,18,19,20). The Balaban J connectivity index is 1.95. The van der Waals surface area contributed by atoms with Crippen LogP contribution in [-0.4, -0.2) is 29.9 Å². The largest absolute Gasteiger partial charge is 0.369 e. The third-order valence-electron chi connectivity index (χ3n) is 3.55. The number of rotatable bonds is 2. The molecule has 5 nitrogen and oxygen atoms in total. The highest BCUT2D eigenvalue weighted by molar-refractivity contribution is 6.30. The van der Waals surface area contributed by atoms with E-state index in [0.29, 0.717) is 23.4 Å². The molecular formula is C15H22ClN5. The Kier molecular flexibility index (Phi) is 5.44. The third-order valence-corrected chi connectivity index (χ3v) is 3.80. The van der Waals surface area contributed by atoms with Gasteiger partial charge in [0.25, 0.3) is 0 Å². The van der Waals surface area contributed by atoms with Gasteiger partial charge in [0.15, 0.2) is 5.96 Å². The molecule has 1 atom stereocenters. The third kappa shape index (κ3) is 4.93. The van der Waals surface area contributed by atoms with Crippen molar-refractivity contribution in [2.75, 3.05) is 13.1 Å². The molecule has 0 saturated carbocycles. The molecule has 6 heteroatoms. The summed E-state index contributed by atoms with van der Waals surface area (Å²) in [6, 6.07) is 7.49. The van der Waals surface area contributed by atoms with Crippen LogP contribution in [0.3, 0.4) is 0 Å². The maximum absolute atomic E-state index is 6.00. The number of benzene rings is 1. The smallest absolute Gasteiger partial charge is 0.218 e. The summed E-state index contributed by atoms with van der Waals surface area (Å²) in [6.45, 7) is 4.55. The molecule has 1 fully saturated rings. The average Bonchev–Trinajstić information content (AvgIpc) is 2.46. The first-order valence-corrected chi connectivity index (χ1v) is 7.56. The summed E-state index contributed by atoms with van der Waals surface area (Å²) in [4.78, 5) is 10.5. The van der Waals surface area contributed by atoms with E-state index in [-0.39, 0.29) is 5.96 Å². The van der Waals surface area contributed by atoms with Crippen LogP contribution >= 0.6 is 11.6 Å². The topological polar surface area (TPSA) is 80.0 Å². The van der Waals surface area contributed by atoms with Crippen molar-refractivity contribution in [2.45, 2.75) is 26.3 Å². The Morgan fingerprint density at radius 2 is 2.05 bits per heavy atom. The van der Waals surface area contributed by atoms with E-state index in [0.717, 1.165) is 25.1 Å². The van der Waals surface area contributed by atoms with Crippen LogP contribution in [0.1, 0.15) is 25.3 Å². The van der Waals surface area contributed by atoms with Crippen molar-refractivity contribution in [1.82, 2.24) is 4.90 Å². The highest BCUT2D eigenvalue weighted by atomic mass is 35.5. The Bertz CT molecular complexity index is 523. The first kappa shape index (κ1) is 15.6. The fraction of sp³-hybridized carbons (Fsp3) is 0.467. The van der Waals surface area contributed by atoms with E-state index in [2.05, 4.69) is 21.8 Å². The lowest BCUT2D eigenvalue weighted by Crippen LogP contribution is -2.44. The Hall–Kier alpha value is -1.75. The lowest BCUT2D eigenvalue weighted by Gasteiger charge is -2.31. The Morgan fingerprint density at radius 1 is 1.33 bits per heavy atom. The molecule has 1 aliphatic rings. The van der Waals surface area contributed by atoms with Crippen molar-refractivity contribution in [3.05, 3.63) is 34.9 Å². The van der Waals surface area contributed by atoms with E-state index in [1.807, 2.05) is 24.3 Å². The van der Waals surface area contributed by atoms with Crippen LogP contribution in [0.15, 0.2) is 34.3 Å². The van der Waals surface area contributed by atoms with E-state index in [9.17, 15) is 0 Å². The van der Waals surface area contributed by atoms with Crippen molar-refractivity contribution in [3.8, 4) is 0 Å². The number of nitrogens with zero attached hydrogens (tertiary/aromatic N) is 3. The van der Waals surface area contributed by atoms with Gasteiger partial charge in [-0.1, -0.05) is 30.7 Å². The molecule has 1 saturated heterocycles. The average molecular weight is 308 g/mol. The molecule has 114 valence electrons. The van der Waals surface area contributed by atoms with Gasteiger partial charge < -0.3 is 16.4 Å². The van der Waals surface area contributed by atoms with Crippen LogP contribution in [0.4, 0.5) is 0 Å². The van der Waals surface area contributed by atoms with Crippen molar-refractivity contribution in [3.63, 3.8) is 0 Å². The number of halogens is 1. The summed E-state index contributed by atoms with van der Waals surface area (Å²) in [6.07, 6.45) is 2.38. The van der Waals surface area contributed by atoms with Gasteiger partial charge >= 0.3 is 0 Å². The number of piperidine rings is 1. The van der Waals surface area contributed by atoms with E-state index in [1.165, 1.54) is 6.42 Å². The van der Waals surface area contributed by atoms with Crippen LogP contribution < -0.4 is 11.5 Å². The fourth-order valence-electron chi connectivity index (χ4n) is 2.38. The van der Waals surface area contributed by atoms with Gasteiger partial charge in [-0.15, -0.1) is 0 Å². The number of hydrogen-bond acceptors (Lipinski definition) is 1. The summed E-state index contributed by atoms with van der Waals surface area (Å²) in [7, 11) is 0. The van der Waals surface area contributed by atoms with Crippen LogP contribution in [0.5, 0.6) is 0 Å². The molecule has 0 bridgehead atoms. The van der Waals surface area contributed by atoms with Crippen LogP contribution in [0, 0.1) is 5.92 Å². The van der Waals surface area contributed by atoms with Gasteiger partial charge in [0.2, 0.25) is 5.96 Å². The molecule has 1 aromatic rings. The molecule has 1 aromatic carbocycles. The maximum atomic E-state index is 6.00. The quantitative estimate of drug-likeness (QED) is 0.649. The van der Waals surface area contributed by atoms with Gasteiger partial charge in [-0.05, 0) is 36.5 Å². The first-order chi connectivity index (χ1) is 10.0. The Labute approximate surface area is 130 Å². The van der Waals surface area contributed by atoms with Crippen molar-refractivity contribution in [1.29, 1.82) is 0 Å². The molecule has 1 aliphatic heterocycles. The molecular weight excluding hydrogens is 286 g/mol. The predicted molar refractivity (Wildman–Crippen MR) is 88.4 cm³/mol. The lowest BCUT2D eigenvalue weighted by molar-refractivity contribution is 0.271. The highest BCUT2D eigenvalue weighted by Gasteiger charge is 2.17. The van der Waals surface area contributed by atoms with Gasteiger partial charge in [-0.3, -0.25) is 0 Å². The van der Waals surface area contributed by atoms with Crippen molar-refractivity contribution >= 4 is 23.5 Å². The monoisotopic (exact) mass is 307 g/mol. The van der Waals surface area contributed by atoms with E-state index in [4.69, 9.17) is 23.1 Å². The zero-order valence-corrected chi connectivity index (χ0v) is 13.1. The summed E-state index contributed by atoms with van der Waals surface area (Å²) in [5.41, 5.74) is 12.9. The van der Waals surface area contributed by atoms with Crippen molar-refractivity contribution in [2.24, 2.45) is 27.4 Å². The van der Waals surface area contributed by atoms with Gasteiger partial charge in [-0.2, -0.15) is 4.99 Å². The number of likely N-dealkylation sites (tertiary alicyclic amines) is 1. The van der Waals surface area contributed by atoms with Crippen LogP contribution in [0.2, 0.25) is 5.02 Å². The maximum Gasteiger partial charge on any atom is 0.218 e. The molecule has 0 amide bonds. The van der Waals surface area contributed by atoms with Gasteiger partial charge in [0.05, 0.1) is 6.54 Å². The summed E-state index contributed by atoms with van der Waals surface area (Å²) in [5, 5.41) is 0.706. The number of hydrogen-bond donors (Lipinski definition) is 2. The number of nitrogens with two attached hydrogens (primary N) is 2. The normalized spacial score (nSPS) is 20.7. The number of aliphatic imine (C=N–C) groups is 2. The SMILES string of the molecule is CC1CCCN(/C(N)=N\C(N)=NCc2ccc(Cl)cc2)C1. The molecule has 0 aliphatic carbocycles. The van der Waals surface area contributed by atoms with Gasteiger partial charge in [0, 0.05) is 18.1 Å². The van der Waals surface area contributed by atoms with Crippen molar-refractivity contribution < 1.29 is 0 Å². The molecule has 0 radical (unpaired) electrons. The van der Waals surface area contributed by atoms with Crippen LogP contribution in [0.25, 0.3) is 0 Å². The molecule has 21 heavy (non-hydrogen) atoms. The molecule has 1 unspecified atom stereocenters. The fourth-order valence-corrected chi connectivity index (χ4v) is 2.51. The minimum Gasteiger partial charge on any atom is -0.369 e. The second-order valence-electron chi connectivity index (χ2n) is 5.46. The van der Waals surface area contributed by atoms with E-state index in [1.54, 1.807) is 0 Å².